The molecule has 0 bridgehead atoms. The van der Waals surface area contributed by atoms with Crippen LogP contribution in [0.5, 0.6) is 0 Å². The van der Waals surface area contributed by atoms with Gasteiger partial charge in [-0.2, -0.15) is 0 Å². The highest BCUT2D eigenvalue weighted by Crippen LogP contribution is 2.13. The second kappa shape index (κ2) is 7.22. The molecule has 0 saturated heterocycles. The van der Waals surface area contributed by atoms with Crippen LogP contribution < -0.4 is 21.1 Å². The summed E-state index contributed by atoms with van der Waals surface area (Å²) in [6, 6.07) is 6.74. The second-order valence-electron chi connectivity index (χ2n) is 4.46. The quantitative estimate of drug-likeness (QED) is 0.569. The van der Waals surface area contributed by atoms with Gasteiger partial charge in [0, 0.05) is 24.8 Å². The summed E-state index contributed by atoms with van der Waals surface area (Å²) in [5, 5.41) is 5.18. The third-order valence-corrected chi connectivity index (χ3v) is 3.20. The average molecular weight is 300 g/mol. The van der Waals surface area contributed by atoms with E-state index in [0.717, 1.165) is 11.8 Å². The van der Waals surface area contributed by atoms with Gasteiger partial charge in [0.15, 0.2) is 0 Å². The first kappa shape index (κ1) is 16.4. The van der Waals surface area contributed by atoms with Crippen molar-refractivity contribution in [2.75, 3.05) is 24.7 Å². The minimum atomic E-state index is -3.23. The lowest BCUT2D eigenvalue weighted by atomic mass is 10.1. The molecule has 20 heavy (non-hydrogen) atoms. The third kappa shape index (κ3) is 6.50. The van der Waals surface area contributed by atoms with Crippen LogP contribution in [0.25, 0.3) is 0 Å². The predicted octanol–water partition coefficient (Wildman–Crippen LogP) is 0.377. The molecule has 0 heterocycles. The van der Waals surface area contributed by atoms with Crippen molar-refractivity contribution >= 4 is 21.7 Å². The molecule has 112 valence electrons. The fourth-order valence-electron chi connectivity index (χ4n) is 1.46. The third-order valence-electron chi connectivity index (χ3n) is 2.47. The van der Waals surface area contributed by atoms with Crippen molar-refractivity contribution in [3.63, 3.8) is 0 Å². The van der Waals surface area contributed by atoms with E-state index >= 15 is 0 Å². The zero-order valence-electron chi connectivity index (χ0n) is 11.5. The summed E-state index contributed by atoms with van der Waals surface area (Å²) in [5.41, 5.74) is 7.35. The van der Waals surface area contributed by atoms with E-state index in [-0.39, 0.29) is 19.1 Å². The summed E-state index contributed by atoms with van der Waals surface area (Å²) in [5.74, 6) is 0. The molecule has 5 N–H and O–H groups in total. The molecule has 0 fully saturated rings. The van der Waals surface area contributed by atoms with Gasteiger partial charge in [0.25, 0.3) is 0 Å². The van der Waals surface area contributed by atoms with Gasteiger partial charge in [-0.05, 0) is 24.6 Å². The van der Waals surface area contributed by atoms with Crippen LogP contribution in [0.1, 0.15) is 18.5 Å². The first-order valence-electron chi connectivity index (χ1n) is 6.13. The molecular weight excluding hydrogens is 280 g/mol. The first-order chi connectivity index (χ1) is 9.28. The zero-order valence-corrected chi connectivity index (χ0v) is 12.3. The molecule has 2 amide bonds. The van der Waals surface area contributed by atoms with Gasteiger partial charge >= 0.3 is 6.03 Å². The number of urea groups is 1. The van der Waals surface area contributed by atoms with Crippen molar-refractivity contribution in [1.82, 2.24) is 10.0 Å². The fraction of sp³-hybridized carbons (Fsp3) is 0.417. The number of nitrogens with two attached hydrogens (primary N) is 1. The number of amides is 2. The molecule has 0 radical (unpaired) electrons. The molecule has 1 atom stereocenters. The Bertz CT molecular complexity index is 540. The number of carbonyl (C=O) groups is 1. The Labute approximate surface area is 119 Å². The maximum Gasteiger partial charge on any atom is 0.319 e. The van der Waals surface area contributed by atoms with Crippen molar-refractivity contribution in [1.29, 1.82) is 0 Å². The summed E-state index contributed by atoms with van der Waals surface area (Å²) in [7, 11) is -3.23. The number of carbonyl (C=O) groups excluding carboxylic acids is 1. The van der Waals surface area contributed by atoms with E-state index in [0.29, 0.717) is 5.69 Å². The topological polar surface area (TPSA) is 113 Å². The highest BCUT2D eigenvalue weighted by atomic mass is 32.2. The molecule has 0 aliphatic heterocycles. The Hall–Kier alpha value is -1.64. The highest BCUT2D eigenvalue weighted by Gasteiger charge is 2.04. The van der Waals surface area contributed by atoms with Crippen molar-refractivity contribution in [3.8, 4) is 0 Å². The van der Waals surface area contributed by atoms with Crippen LogP contribution in [-0.4, -0.2) is 33.8 Å². The molecule has 0 aromatic heterocycles. The number of sulfonamides is 1. The standard InChI is InChI=1S/C12H20N4O3S/c1-9(13)10-3-5-11(6-4-10)16-12(17)14-7-8-15-20(2,18)19/h3-6,9,15H,7-8,13H2,1-2H3,(H2,14,16,17). The van der Waals surface area contributed by atoms with Crippen LogP contribution in [0.15, 0.2) is 24.3 Å². The van der Waals surface area contributed by atoms with Crippen LogP contribution in [0.2, 0.25) is 0 Å². The SMILES string of the molecule is CC(N)c1ccc(NC(=O)NCCNS(C)(=O)=O)cc1. The molecule has 1 rings (SSSR count). The maximum absolute atomic E-state index is 11.5. The molecule has 8 heteroatoms. The summed E-state index contributed by atoms with van der Waals surface area (Å²) < 4.78 is 23.9. The van der Waals surface area contributed by atoms with Crippen LogP contribution >= 0.6 is 0 Å². The smallest absolute Gasteiger partial charge is 0.319 e. The number of rotatable bonds is 6. The van der Waals surface area contributed by atoms with E-state index in [1.165, 1.54) is 0 Å². The summed E-state index contributed by atoms with van der Waals surface area (Å²) >= 11 is 0. The zero-order chi connectivity index (χ0) is 15.2. The summed E-state index contributed by atoms with van der Waals surface area (Å²) in [6.45, 7) is 2.23. The monoisotopic (exact) mass is 300 g/mol. The van der Waals surface area contributed by atoms with E-state index in [1.807, 2.05) is 19.1 Å². The van der Waals surface area contributed by atoms with Gasteiger partial charge in [0.05, 0.1) is 6.26 Å². The summed E-state index contributed by atoms with van der Waals surface area (Å²) in [6.07, 6.45) is 1.06. The van der Waals surface area contributed by atoms with E-state index in [2.05, 4.69) is 15.4 Å². The molecular formula is C12H20N4O3S. The fourth-order valence-corrected chi connectivity index (χ4v) is 1.93. The van der Waals surface area contributed by atoms with Gasteiger partial charge in [-0.1, -0.05) is 12.1 Å². The van der Waals surface area contributed by atoms with Crippen LogP contribution in [0.4, 0.5) is 10.5 Å². The highest BCUT2D eigenvalue weighted by molar-refractivity contribution is 7.88. The normalized spacial score (nSPS) is 12.8. The molecule has 0 aliphatic carbocycles. The Morgan fingerprint density at radius 2 is 1.85 bits per heavy atom. The second-order valence-corrected chi connectivity index (χ2v) is 6.29. The lowest BCUT2D eigenvalue weighted by Crippen LogP contribution is -2.36. The predicted molar refractivity (Wildman–Crippen MR) is 78.9 cm³/mol. The Balaban J connectivity index is 2.35. The van der Waals surface area contributed by atoms with Gasteiger partial charge in [-0.25, -0.2) is 17.9 Å². The Morgan fingerprint density at radius 1 is 1.25 bits per heavy atom. The van der Waals surface area contributed by atoms with Gasteiger partial charge in [0.2, 0.25) is 10.0 Å². The van der Waals surface area contributed by atoms with E-state index in [9.17, 15) is 13.2 Å². The number of benzene rings is 1. The van der Waals surface area contributed by atoms with Gasteiger partial charge in [-0.3, -0.25) is 0 Å². The van der Waals surface area contributed by atoms with Crippen molar-refractivity contribution in [2.24, 2.45) is 5.73 Å². The Kier molecular flexibility index (Phi) is 5.93. The van der Waals surface area contributed by atoms with Crippen LogP contribution in [-0.2, 0) is 10.0 Å². The number of anilines is 1. The lowest BCUT2D eigenvalue weighted by molar-refractivity contribution is 0.252. The minimum absolute atomic E-state index is 0.0556. The minimum Gasteiger partial charge on any atom is -0.337 e. The van der Waals surface area contributed by atoms with Gasteiger partial charge in [-0.15, -0.1) is 0 Å². The van der Waals surface area contributed by atoms with Crippen LogP contribution in [0, 0.1) is 0 Å². The molecule has 1 aromatic carbocycles. The van der Waals surface area contributed by atoms with E-state index < -0.39 is 16.1 Å². The van der Waals surface area contributed by atoms with Gasteiger partial charge in [0.1, 0.15) is 0 Å². The Morgan fingerprint density at radius 3 is 2.35 bits per heavy atom. The molecule has 0 aliphatic rings. The van der Waals surface area contributed by atoms with Gasteiger partial charge < -0.3 is 16.4 Å². The molecule has 7 nitrogen and oxygen atoms in total. The number of hydrogen-bond donors (Lipinski definition) is 4. The number of hydrogen-bond acceptors (Lipinski definition) is 4. The summed E-state index contributed by atoms with van der Waals surface area (Å²) in [4.78, 5) is 11.5. The first-order valence-corrected chi connectivity index (χ1v) is 8.02. The van der Waals surface area contributed by atoms with Crippen molar-refractivity contribution < 1.29 is 13.2 Å². The largest absolute Gasteiger partial charge is 0.337 e. The van der Waals surface area contributed by atoms with Crippen LogP contribution in [0.3, 0.4) is 0 Å². The maximum atomic E-state index is 11.5. The number of nitrogens with one attached hydrogen (secondary N) is 3. The van der Waals surface area contributed by atoms with Crippen molar-refractivity contribution in [2.45, 2.75) is 13.0 Å². The van der Waals surface area contributed by atoms with E-state index in [4.69, 9.17) is 5.73 Å². The molecule has 0 spiro atoms. The average Bonchev–Trinajstić information content (AvgIpc) is 2.34. The van der Waals surface area contributed by atoms with E-state index in [1.54, 1.807) is 12.1 Å². The molecule has 0 saturated carbocycles. The molecule has 1 aromatic rings. The molecule has 1 unspecified atom stereocenters. The lowest BCUT2D eigenvalue weighted by Gasteiger charge is -2.09. The van der Waals surface area contributed by atoms with Crippen molar-refractivity contribution in [3.05, 3.63) is 29.8 Å².